The molecule has 3 aliphatic carbocycles. The number of halogens is 1. The third-order valence-corrected chi connectivity index (χ3v) is 13.0. The Kier molecular flexibility index (Phi) is 3.76. The average Bonchev–Trinajstić information content (AvgIpc) is 3.06. The highest BCUT2D eigenvalue weighted by atomic mass is 79.9. The van der Waals surface area contributed by atoms with Gasteiger partial charge in [-0.05, 0) is 47.9 Å². The molecule has 1 aliphatic heterocycles. The van der Waals surface area contributed by atoms with Gasteiger partial charge in [0, 0.05) is 10.7 Å². The summed E-state index contributed by atoms with van der Waals surface area (Å²) < 4.78 is 13.2. The maximum Gasteiger partial charge on any atom is 0.192 e. The van der Waals surface area contributed by atoms with Crippen molar-refractivity contribution in [3.8, 4) is 0 Å². The lowest BCUT2D eigenvalue weighted by atomic mass is 9.70. The highest BCUT2D eigenvalue weighted by Gasteiger charge is 2.68. The number of alkyl halides is 1. The Hall–Kier alpha value is 0.317. The van der Waals surface area contributed by atoms with Gasteiger partial charge in [-0.3, -0.25) is 0 Å². The van der Waals surface area contributed by atoms with Gasteiger partial charge >= 0.3 is 0 Å². The molecule has 4 rings (SSSR count). The van der Waals surface area contributed by atoms with Gasteiger partial charge in [-0.1, -0.05) is 42.8 Å². The van der Waals surface area contributed by atoms with Gasteiger partial charge in [0.15, 0.2) is 8.32 Å². The predicted molar refractivity (Wildman–Crippen MR) is 97.2 cm³/mol. The molecule has 2 saturated carbocycles. The summed E-state index contributed by atoms with van der Waals surface area (Å²) in [6, 6.07) is 0. The molecular formula is C18H29BrO3Si. The molecule has 3 nitrogen and oxygen atoms in total. The first-order valence-electron chi connectivity index (χ1n) is 8.94. The van der Waals surface area contributed by atoms with Crippen LogP contribution in [0.1, 0.15) is 27.2 Å². The summed E-state index contributed by atoms with van der Waals surface area (Å²) in [5, 5.41) is 10.1. The van der Waals surface area contributed by atoms with Crippen molar-refractivity contribution in [2.75, 3.05) is 6.61 Å². The first kappa shape index (κ1) is 16.8. The topological polar surface area (TPSA) is 38.7 Å². The summed E-state index contributed by atoms with van der Waals surface area (Å²) in [5.74, 6) is 2.42. The second-order valence-corrected chi connectivity index (χ2v) is 15.2. The Morgan fingerprint density at radius 1 is 1.30 bits per heavy atom. The van der Waals surface area contributed by atoms with Crippen molar-refractivity contribution in [2.24, 2.45) is 23.7 Å². The molecule has 2 unspecified atom stereocenters. The first-order chi connectivity index (χ1) is 10.7. The molecule has 8 atom stereocenters. The van der Waals surface area contributed by atoms with Crippen molar-refractivity contribution in [3.05, 3.63) is 11.6 Å². The molecule has 23 heavy (non-hydrogen) atoms. The molecule has 1 N–H and O–H groups in total. The molecule has 130 valence electrons. The lowest BCUT2D eigenvalue weighted by Gasteiger charge is -2.45. The monoisotopic (exact) mass is 400 g/mol. The van der Waals surface area contributed by atoms with Gasteiger partial charge < -0.3 is 14.3 Å². The van der Waals surface area contributed by atoms with E-state index in [1.165, 1.54) is 6.42 Å². The highest BCUT2D eigenvalue weighted by Crippen LogP contribution is 2.65. The second kappa shape index (κ2) is 5.16. The molecular weight excluding hydrogens is 372 g/mol. The average molecular weight is 401 g/mol. The Morgan fingerprint density at radius 2 is 2.00 bits per heavy atom. The molecule has 0 aromatic rings. The van der Waals surface area contributed by atoms with Crippen LogP contribution in [-0.4, -0.2) is 43.2 Å². The van der Waals surface area contributed by atoms with Crippen molar-refractivity contribution >= 4 is 24.2 Å². The molecule has 0 spiro atoms. The molecule has 4 aliphatic rings. The van der Waals surface area contributed by atoms with E-state index in [0.29, 0.717) is 34.6 Å². The zero-order valence-electron chi connectivity index (χ0n) is 14.8. The molecule has 5 heteroatoms. The van der Waals surface area contributed by atoms with Gasteiger partial charge in [0.1, 0.15) is 0 Å². The number of aliphatic hydroxyl groups excluding tert-OH is 1. The Bertz CT molecular complexity index is 541. The van der Waals surface area contributed by atoms with Gasteiger partial charge in [0.25, 0.3) is 0 Å². The van der Waals surface area contributed by atoms with Crippen molar-refractivity contribution < 1.29 is 14.3 Å². The molecule has 1 heterocycles. The third-order valence-electron chi connectivity index (χ3n) is 7.32. The first-order valence-corrected chi connectivity index (χ1v) is 12.8. The van der Waals surface area contributed by atoms with Crippen LogP contribution >= 0.6 is 15.9 Å². The minimum atomic E-state index is -1.83. The Morgan fingerprint density at radius 3 is 2.61 bits per heavy atom. The van der Waals surface area contributed by atoms with Crippen LogP contribution in [0.4, 0.5) is 0 Å². The van der Waals surface area contributed by atoms with Crippen LogP contribution < -0.4 is 0 Å². The van der Waals surface area contributed by atoms with E-state index in [4.69, 9.17) is 9.16 Å². The van der Waals surface area contributed by atoms with Gasteiger partial charge in [-0.15, -0.1) is 0 Å². The van der Waals surface area contributed by atoms with Gasteiger partial charge in [-0.2, -0.15) is 0 Å². The summed E-state index contributed by atoms with van der Waals surface area (Å²) >= 11 is 3.92. The summed E-state index contributed by atoms with van der Waals surface area (Å²) in [4.78, 5) is 0.454. The lowest BCUT2D eigenvalue weighted by molar-refractivity contribution is 0.0396. The van der Waals surface area contributed by atoms with E-state index in [0.717, 1.165) is 5.57 Å². The minimum absolute atomic E-state index is 0.0995. The zero-order chi connectivity index (χ0) is 16.7. The van der Waals surface area contributed by atoms with E-state index in [1.54, 1.807) is 0 Å². The number of hydrogen-bond acceptors (Lipinski definition) is 3. The summed E-state index contributed by atoms with van der Waals surface area (Å²) in [6.07, 6.45) is 4.10. The Labute approximate surface area is 149 Å². The van der Waals surface area contributed by atoms with E-state index < -0.39 is 8.32 Å². The summed E-state index contributed by atoms with van der Waals surface area (Å²) in [5.41, 5.74) is 1.06. The fourth-order valence-corrected chi connectivity index (χ4v) is 7.57. The number of aliphatic hydroxyl groups is 1. The van der Waals surface area contributed by atoms with Crippen LogP contribution in [0.15, 0.2) is 11.6 Å². The standard InChI is InChI=1S/C18H29BrO3Si/c1-18(2,3)23(4,5)22-12-6-9(8-20)16-14-11-7-10(13(12)14)15(19)17(11)21-16/h6,10-17,20H,7-8H2,1-5H3/t10-,11+,12+,13?,14?,15-,16-,17+/m1/s1. The van der Waals surface area contributed by atoms with Crippen LogP contribution in [0.5, 0.6) is 0 Å². The smallest absolute Gasteiger partial charge is 0.192 e. The Balaban J connectivity index is 1.69. The van der Waals surface area contributed by atoms with Crippen molar-refractivity contribution in [1.29, 1.82) is 0 Å². The van der Waals surface area contributed by atoms with E-state index in [2.05, 4.69) is 55.9 Å². The van der Waals surface area contributed by atoms with E-state index in [1.807, 2.05) is 0 Å². The number of rotatable bonds is 3. The van der Waals surface area contributed by atoms with E-state index in [9.17, 15) is 5.11 Å². The maximum atomic E-state index is 9.87. The molecule has 0 aromatic carbocycles. The van der Waals surface area contributed by atoms with E-state index >= 15 is 0 Å². The zero-order valence-corrected chi connectivity index (χ0v) is 17.3. The fraction of sp³-hybridized carbons (Fsp3) is 0.889. The molecule has 0 amide bonds. The molecule has 2 bridgehead atoms. The number of fused-ring (bicyclic) bond motifs is 2. The minimum Gasteiger partial charge on any atom is -0.410 e. The largest absolute Gasteiger partial charge is 0.410 e. The number of ether oxygens (including phenoxy) is 1. The second-order valence-electron chi connectivity index (χ2n) is 9.43. The lowest BCUT2D eigenvalue weighted by Crippen LogP contribution is -2.51. The third kappa shape index (κ3) is 2.23. The maximum absolute atomic E-state index is 9.87. The highest BCUT2D eigenvalue weighted by molar-refractivity contribution is 9.09. The van der Waals surface area contributed by atoms with Crippen LogP contribution in [-0.2, 0) is 9.16 Å². The number of hydrogen-bond donors (Lipinski definition) is 1. The molecule has 3 fully saturated rings. The molecule has 0 aromatic heterocycles. The van der Waals surface area contributed by atoms with E-state index in [-0.39, 0.29) is 23.9 Å². The van der Waals surface area contributed by atoms with Gasteiger partial charge in [-0.25, -0.2) is 0 Å². The van der Waals surface area contributed by atoms with Crippen LogP contribution in [0.25, 0.3) is 0 Å². The normalized spacial score (nSPS) is 48.0. The van der Waals surface area contributed by atoms with Crippen molar-refractivity contribution in [3.63, 3.8) is 0 Å². The van der Waals surface area contributed by atoms with Gasteiger partial charge in [0.05, 0.1) is 24.9 Å². The predicted octanol–water partition coefficient (Wildman–Crippen LogP) is 3.72. The van der Waals surface area contributed by atoms with Crippen molar-refractivity contribution in [1.82, 2.24) is 0 Å². The van der Waals surface area contributed by atoms with Crippen LogP contribution in [0, 0.1) is 23.7 Å². The molecule has 1 saturated heterocycles. The SMILES string of the molecule is CC(C)(C)[Si](C)(C)O[C@H]1C=C(CO)[C@H]2O[C@@H]3[C@H](Br)[C@@H]4C[C@H]3C2C14. The van der Waals surface area contributed by atoms with Crippen molar-refractivity contribution in [2.45, 2.75) is 68.5 Å². The van der Waals surface area contributed by atoms with Gasteiger partial charge in [0.2, 0.25) is 0 Å². The van der Waals surface area contributed by atoms with Crippen LogP contribution in [0.3, 0.4) is 0 Å². The summed E-state index contributed by atoms with van der Waals surface area (Å²) in [6.45, 7) is 11.7. The quantitative estimate of drug-likeness (QED) is 0.445. The molecule has 0 radical (unpaired) electrons. The fourth-order valence-electron chi connectivity index (χ4n) is 5.22. The summed E-state index contributed by atoms with van der Waals surface area (Å²) in [7, 11) is -1.83. The van der Waals surface area contributed by atoms with Crippen LogP contribution in [0.2, 0.25) is 18.1 Å².